The molecule has 0 aliphatic carbocycles. The summed E-state index contributed by atoms with van der Waals surface area (Å²) in [5.41, 5.74) is 2.02. The van der Waals surface area contributed by atoms with E-state index in [1.807, 2.05) is 53.2 Å². The van der Waals surface area contributed by atoms with Gasteiger partial charge in [0.1, 0.15) is 12.4 Å². The van der Waals surface area contributed by atoms with Crippen molar-refractivity contribution < 1.29 is 33.3 Å². The third-order valence-electron chi connectivity index (χ3n) is 2.56. The Balaban J connectivity index is 0.000000282. The highest BCUT2D eigenvalue weighted by molar-refractivity contribution is 5.60. The minimum absolute atomic E-state index is 0.723. The number of rotatable bonds is 1. The van der Waals surface area contributed by atoms with E-state index in [0.717, 1.165) is 17.0 Å². The number of nitrogen functional groups attached to an aromatic ring is 1. The average Bonchev–Trinajstić information content (AvgIpc) is 2.76. The highest BCUT2D eigenvalue weighted by atomic mass is 35.7. The fraction of sp³-hybridized carbons (Fsp3) is 0. The predicted molar refractivity (Wildman–Crippen MR) is 61.0 cm³/mol. The molecule has 0 spiro atoms. The SMILES string of the molecule is Nn1c(-c2ccccc2)c[n+]2cccnc12.[O-][Cl+3]([O-])([O-])[O-]. The van der Waals surface area contributed by atoms with Crippen molar-refractivity contribution in [3.63, 3.8) is 0 Å². The molecule has 110 valence electrons. The second-order valence-electron chi connectivity index (χ2n) is 3.96. The summed E-state index contributed by atoms with van der Waals surface area (Å²) in [4.78, 5) is 4.23. The number of hydrogen-bond donors (Lipinski definition) is 1. The van der Waals surface area contributed by atoms with Crippen molar-refractivity contribution in [3.05, 3.63) is 55.0 Å². The van der Waals surface area contributed by atoms with E-state index >= 15 is 0 Å². The van der Waals surface area contributed by atoms with Crippen LogP contribution in [-0.4, -0.2) is 9.66 Å². The molecule has 21 heavy (non-hydrogen) atoms. The third kappa shape index (κ3) is 4.12. The lowest BCUT2D eigenvalue weighted by Gasteiger charge is -2.17. The first-order valence-corrected chi connectivity index (χ1v) is 6.89. The molecule has 2 N–H and O–H groups in total. The van der Waals surface area contributed by atoms with Crippen LogP contribution in [-0.2, 0) is 0 Å². The summed E-state index contributed by atoms with van der Waals surface area (Å²) in [7, 11) is -4.94. The minimum atomic E-state index is -4.94. The Kier molecular flexibility index (Phi) is 4.36. The molecule has 0 aliphatic heterocycles. The lowest BCUT2D eigenvalue weighted by Crippen LogP contribution is -2.68. The zero-order valence-electron chi connectivity index (χ0n) is 10.6. The number of benzene rings is 1. The Labute approximate surface area is 121 Å². The van der Waals surface area contributed by atoms with Crippen molar-refractivity contribution in [2.24, 2.45) is 0 Å². The number of halogens is 1. The van der Waals surface area contributed by atoms with Gasteiger partial charge in [-0.15, -0.1) is 14.9 Å². The topological polar surface area (TPSA) is 140 Å². The molecule has 1 aromatic carbocycles. The largest absolute Gasteiger partial charge is 0.425 e. The molecule has 8 nitrogen and oxygen atoms in total. The molecule has 3 rings (SSSR count). The number of aromatic nitrogens is 3. The Morgan fingerprint density at radius 3 is 2.24 bits per heavy atom. The Hall–Kier alpha value is -2.23. The lowest BCUT2D eigenvalue weighted by atomic mass is 10.2. The molecule has 0 amide bonds. The zero-order chi connectivity index (χ0) is 15.5. The molecule has 0 bridgehead atoms. The standard InChI is InChI=1S/C12H11N4.ClHO4/c13-16-11(10-5-2-1-3-6-10)9-15-8-4-7-14-12(15)16;2-1(3,4)5/h1-9H,13H2;(H,2,3,4,5)/q+1;/p-1. The molecule has 9 heteroatoms. The summed E-state index contributed by atoms with van der Waals surface area (Å²) in [6, 6.07) is 11.9. The zero-order valence-corrected chi connectivity index (χ0v) is 11.4. The first kappa shape index (κ1) is 15.2. The Morgan fingerprint density at radius 1 is 1.05 bits per heavy atom. The minimum Gasteiger partial charge on any atom is -0.289 e. The Bertz CT molecular complexity index is 721. The molecule has 0 radical (unpaired) electrons. The molecule has 0 atom stereocenters. The van der Waals surface area contributed by atoms with Gasteiger partial charge >= 0.3 is 5.78 Å². The van der Waals surface area contributed by atoms with Gasteiger partial charge in [0.05, 0.1) is 6.20 Å². The van der Waals surface area contributed by atoms with Gasteiger partial charge in [0, 0.05) is 11.6 Å². The Morgan fingerprint density at radius 2 is 1.67 bits per heavy atom. The molecule has 0 fully saturated rings. The monoisotopic (exact) mass is 310 g/mol. The fourth-order valence-electron chi connectivity index (χ4n) is 1.79. The molecule has 0 saturated carbocycles. The van der Waals surface area contributed by atoms with Crippen LogP contribution in [0, 0.1) is 10.2 Å². The van der Waals surface area contributed by atoms with E-state index in [2.05, 4.69) is 4.98 Å². The van der Waals surface area contributed by atoms with E-state index in [9.17, 15) is 0 Å². The number of nitrogens with zero attached hydrogens (tertiary/aromatic N) is 3. The van der Waals surface area contributed by atoms with E-state index in [4.69, 9.17) is 24.5 Å². The molecule has 0 saturated heterocycles. The van der Waals surface area contributed by atoms with Crippen LogP contribution in [0.4, 0.5) is 0 Å². The summed E-state index contributed by atoms with van der Waals surface area (Å²) < 4.78 is 37.5. The van der Waals surface area contributed by atoms with Crippen LogP contribution in [0.3, 0.4) is 0 Å². The van der Waals surface area contributed by atoms with E-state index in [-0.39, 0.29) is 0 Å². The van der Waals surface area contributed by atoms with Gasteiger partial charge in [-0.1, -0.05) is 35.3 Å². The van der Waals surface area contributed by atoms with Crippen molar-refractivity contribution in [1.82, 2.24) is 9.66 Å². The van der Waals surface area contributed by atoms with Crippen LogP contribution in [0.15, 0.2) is 55.0 Å². The van der Waals surface area contributed by atoms with Gasteiger partial charge < -0.3 is 0 Å². The molecule has 2 heterocycles. The molecule has 2 aromatic heterocycles. The molecule has 3 aromatic rings. The highest BCUT2D eigenvalue weighted by Gasteiger charge is 2.15. The van der Waals surface area contributed by atoms with Gasteiger partial charge in [0.2, 0.25) is 0 Å². The van der Waals surface area contributed by atoms with Crippen LogP contribution in [0.25, 0.3) is 17.0 Å². The maximum absolute atomic E-state index is 8.49. The number of fused-ring (bicyclic) bond motifs is 1. The summed E-state index contributed by atoms with van der Waals surface area (Å²) >= 11 is 0. The average molecular weight is 311 g/mol. The van der Waals surface area contributed by atoms with E-state index in [0.29, 0.717) is 0 Å². The van der Waals surface area contributed by atoms with Gasteiger partial charge in [0.25, 0.3) is 0 Å². The van der Waals surface area contributed by atoms with Gasteiger partial charge in [-0.2, -0.15) is 0 Å². The molecular formula is C12H11ClN4O4. The van der Waals surface area contributed by atoms with Crippen LogP contribution >= 0.6 is 0 Å². The van der Waals surface area contributed by atoms with Gasteiger partial charge in [0.15, 0.2) is 5.69 Å². The first-order chi connectivity index (χ1) is 9.86. The summed E-state index contributed by atoms with van der Waals surface area (Å²) in [5, 5.41) is 0. The van der Waals surface area contributed by atoms with E-state index in [1.165, 1.54) is 0 Å². The van der Waals surface area contributed by atoms with Crippen molar-refractivity contribution in [2.45, 2.75) is 0 Å². The maximum atomic E-state index is 8.49. The molecule has 0 aliphatic rings. The van der Waals surface area contributed by atoms with Crippen molar-refractivity contribution in [3.8, 4) is 11.3 Å². The second-order valence-corrected chi connectivity index (χ2v) is 4.71. The van der Waals surface area contributed by atoms with Crippen LogP contribution in [0.2, 0.25) is 0 Å². The molecule has 0 unspecified atom stereocenters. The highest BCUT2D eigenvalue weighted by Crippen LogP contribution is 2.16. The smallest absolute Gasteiger partial charge is 0.289 e. The number of imidazole rings is 1. The van der Waals surface area contributed by atoms with Crippen molar-refractivity contribution >= 4 is 5.78 Å². The number of hydrogen-bond acceptors (Lipinski definition) is 6. The van der Waals surface area contributed by atoms with E-state index in [1.54, 1.807) is 10.9 Å². The van der Waals surface area contributed by atoms with Crippen LogP contribution < -0.4 is 28.9 Å². The molecular weight excluding hydrogens is 300 g/mol. The van der Waals surface area contributed by atoms with Crippen molar-refractivity contribution in [1.29, 1.82) is 0 Å². The lowest BCUT2D eigenvalue weighted by molar-refractivity contribution is -2.00. The van der Waals surface area contributed by atoms with Crippen molar-refractivity contribution in [2.75, 3.05) is 5.84 Å². The maximum Gasteiger partial charge on any atom is 0.425 e. The number of nitrogens with two attached hydrogens (primary N) is 1. The van der Waals surface area contributed by atoms with Crippen LogP contribution in [0.5, 0.6) is 0 Å². The normalized spacial score (nSPS) is 11.0. The van der Waals surface area contributed by atoms with Gasteiger partial charge in [-0.25, -0.2) is 23.0 Å². The second kappa shape index (κ2) is 6.04. The predicted octanol–water partition coefficient (Wildman–Crippen LogP) is -3.75. The first-order valence-electron chi connectivity index (χ1n) is 5.66. The fourth-order valence-corrected chi connectivity index (χ4v) is 1.79. The summed E-state index contributed by atoms with van der Waals surface area (Å²) in [5.74, 6) is 6.73. The summed E-state index contributed by atoms with van der Waals surface area (Å²) in [6.07, 6.45) is 5.63. The van der Waals surface area contributed by atoms with Crippen LogP contribution in [0.1, 0.15) is 0 Å². The van der Waals surface area contributed by atoms with Gasteiger partial charge in [-0.3, -0.25) is 5.84 Å². The quantitative estimate of drug-likeness (QED) is 0.361. The summed E-state index contributed by atoms with van der Waals surface area (Å²) in [6.45, 7) is 0. The van der Waals surface area contributed by atoms with Gasteiger partial charge in [-0.05, 0) is 0 Å². The van der Waals surface area contributed by atoms with E-state index < -0.39 is 10.2 Å². The third-order valence-corrected chi connectivity index (χ3v) is 2.56.